The number of benzene rings is 4. The van der Waals surface area contributed by atoms with E-state index in [2.05, 4.69) is 20.8 Å². The predicted octanol–water partition coefficient (Wildman–Crippen LogP) is 8.65. The normalized spacial score (nSPS) is 17.7. The fourth-order valence-corrected chi connectivity index (χ4v) is 11.4. The minimum Gasteiger partial charge on any atom is -0.494 e. The highest BCUT2D eigenvalue weighted by atomic mass is 32.2. The Morgan fingerprint density at radius 1 is 0.440 bits per heavy atom. The van der Waals surface area contributed by atoms with E-state index in [0.29, 0.717) is 113 Å². The molecule has 408 valence electrons. The minimum absolute atomic E-state index is 0.272. The highest BCUT2D eigenvalue weighted by molar-refractivity contribution is 7.86. The summed E-state index contributed by atoms with van der Waals surface area (Å²) in [6.07, 6.45) is 5.78. The summed E-state index contributed by atoms with van der Waals surface area (Å²) in [4.78, 5) is 15.4. The summed E-state index contributed by atoms with van der Waals surface area (Å²) in [7, 11) is -12.1. The molecule has 0 unspecified atom stereocenters. The SMILES string of the molecule is CCc1c(CC2=N[C@@H](c3cccc(OCCCCS(=O)(=O)O)c3)CO2)c(CC)c(CC2=N[C@@H](c3cccc(OCCCCS(=O)(=O)O)c3)CO2)c(CC)c1CC1=N[C@@H](c2cccc(OCCCCS(=O)(=O)O)c2)CO1. The third kappa shape index (κ3) is 17.2. The van der Waals surface area contributed by atoms with Gasteiger partial charge in [0.15, 0.2) is 17.7 Å². The van der Waals surface area contributed by atoms with Crippen LogP contribution in [0.25, 0.3) is 0 Å². The lowest BCUT2D eigenvalue weighted by molar-refractivity contribution is 0.304. The molecule has 0 fully saturated rings. The van der Waals surface area contributed by atoms with Gasteiger partial charge in [-0.2, -0.15) is 25.3 Å². The summed E-state index contributed by atoms with van der Waals surface area (Å²) in [5.74, 6) is 2.81. The van der Waals surface area contributed by atoms with Gasteiger partial charge in [0.05, 0.1) is 37.1 Å². The summed E-state index contributed by atoms with van der Waals surface area (Å²) in [6, 6.07) is 22.1. The lowest BCUT2D eigenvalue weighted by Gasteiger charge is -2.26. The van der Waals surface area contributed by atoms with Gasteiger partial charge in [-0.05, 0) is 144 Å². The van der Waals surface area contributed by atoms with E-state index in [1.165, 1.54) is 16.7 Å². The lowest BCUT2D eigenvalue weighted by Crippen LogP contribution is -2.20. The van der Waals surface area contributed by atoms with Gasteiger partial charge >= 0.3 is 0 Å². The molecule has 0 bridgehead atoms. The Labute approximate surface area is 441 Å². The van der Waals surface area contributed by atoms with Crippen molar-refractivity contribution in [2.24, 2.45) is 15.0 Å². The zero-order valence-corrected chi connectivity index (χ0v) is 45.3. The predicted molar refractivity (Wildman–Crippen MR) is 287 cm³/mol. The summed E-state index contributed by atoms with van der Waals surface area (Å²) >= 11 is 0. The average Bonchev–Trinajstić information content (AvgIpc) is 4.16. The topological polar surface area (TPSA) is 256 Å². The molecule has 0 amide bonds. The molecule has 4 aromatic rings. The Hall–Kier alpha value is -5.58. The minimum atomic E-state index is -4.03. The Kier molecular flexibility index (Phi) is 20.2. The summed E-state index contributed by atoms with van der Waals surface area (Å²) < 4.78 is 131. The second-order valence-electron chi connectivity index (χ2n) is 18.8. The van der Waals surface area contributed by atoms with Crippen molar-refractivity contribution in [2.75, 3.05) is 56.9 Å². The molecule has 3 N–H and O–H groups in total. The number of ether oxygens (including phenoxy) is 6. The van der Waals surface area contributed by atoms with E-state index in [1.54, 1.807) is 0 Å². The smallest absolute Gasteiger partial charge is 0.264 e. The number of hydrogen-bond donors (Lipinski definition) is 3. The number of rotatable bonds is 30. The molecule has 4 aromatic carbocycles. The van der Waals surface area contributed by atoms with Crippen molar-refractivity contribution in [3.8, 4) is 17.2 Å². The third-order valence-corrected chi connectivity index (χ3v) is 15.7. The monoisotopic (exact) mass is 1100 g/mol. The molecule has 7 rings (SSSR count). The van der Waals surface area contributed by atoms with Crippen LogP contribution in [0.15, 0.2) is 87.8 Å². The van der Waals surface area contributed by atoms with E-state index in [0.717, 1.165) is 52.6 Å². The number of nitrogens with zero attached hydrogens (tertiary/aromatic N) is 3. The van der Waals surface area contributed by atoms with Crippen LogP contribution in [0.5, 0.6) is 17.2 Å². The maximum atomic E-state index is 11.1. The summed E-state index contributed by atoms with van der Waals surface area (Å²) in [5, 5.41) is 0. The molecule has 3 atom stereocenters. The molecule has 0 saturated carbocycles. The first-order chi connectivity index (χ1) is 35.9. The molecular weight excluding hydrogens is 1030 g/mol. The van der Waals surface area contributed by atoms with E-state index >= 15 is 0 Å². The van der Waals surface area contributed by atoms with Crippen LogP contribution >= 0.6 is 0 Å². The van der Waals surface area contributed by atoms with Gasteiger partial charge in [-0.25, -0.2) is 15.0 Å². The Bertz CT molecular complexity index is 2710. The van der Waals surface area contributed by atoms with Crippen molar-refractivity contribution >= 4 is 48.0 Å². The van der Waals surface area contributed by atoms with Crippen LogP contribution in [0.3, 0.4) is 0 Å². The Morgan fingerprint density at radius 2 is 0.720 bits per heavy atom. The fraction of sp³-hybridized carbons (Fsp3) is 0.500. The maximum Gasteiger partial charge on any atom is 0.264 e. The molecule has 3 aliphatic rings. The summed E-state index contributed by atoms with van der Waals surface area (Å²) in [5.41, 5.74) is 9.74. The van der Waals surface area contributed by atoms with Crippen molar-refractivity contribution in [1.82, 2.24) is 0 Å². The standard InChI is InChI=1S/C54H69N3O15S3/c1-4-43-46(31-52-55-49(34-70-52)37-16-13-19-40(28-37)67-22-7-10-25-73(58,59)60)44(5-2)48(33-54-57-51(36-72-54)39-18-15-21-42(30-39)69-24-9-12-27-75(64,65)66)45(6-3)47(43)32-53-56-50(35-71-53)38-17-14-20-41(29-38)68-23-8-11-26-74(61,62)63/h13-21,28-30,49-51H,4-12,22-27,31-36H2,1-3H3,(H,58,59,60)(H,61,62,63)(H,64,65,66)/t49-,50-,51-/m1/s1. The van der Waals surface area contributed by atoms with Crippen LogP contribution in [0.2, 0.25) is 0 Å². The number of hydrogen-bond acceptors (Lipinski definition) is 15. The molecule has 75 heavy (non-hydrogen) atoms. The van der Waals surface area contributed by atoms with Crippen molar-refractivity contribution < 1.29 is 67.3 Å². The third-order valence-electron chi connectivity index (χ3n) is 13.3. The van der Waals surface area contributed by atoms with Crippen molar-refractivity contribution in [1.29, 1.82) is 0 Å². The first-order valence-corrected chi connectivity index (χ1v) is 30.5. The molecule has 0 saturated heterocycles. The second kappa shape index (κ2) is 26.5. The van der Waals surface area contributed by atoms with Gasteiger partial charge in [-0.1, -0.05) is 57.2 Å². The summed E-state index contributed by atoms with van der Waals surface area (Å²) in [6.45, 7) is 8.42. The Balaban J connectivity index is 1.15. The van der Waals surface area contributed by atoms with Gasteiger partial charge in [0.1, 0.15) is 55.2 Å². The van der Waals surface area contributed by atoms with Gasteiger partial charge in [-0.15, -0.1) is 0 Å². The fourth-order valence-electron chi connectivity index (χ4n) is 9.70. The highest BCUT2D eigenvalue weighted by Gasteiger charge is 2.31. The van der Waals surface area contributed by atoms with Crippen molar-refractivity contribution in [3.05, 3.63) is 123 Å². The average molecular weight is 1100 g/mol. The molecular formula is C54H69N3O15S3. The zero-order valence-electron chi connectivity index (χ0n) is 42.8. The molecule has 0 spiro atoms. The maximum absolute atomic E-state index is 11.1. The molecule has 0 aliphatic carbocycles. The highest BCUT2D eigenvalue weighted by Crippen LogP contribution is 2.37. The van der Waals surface area contributed by atoms with Crippen molar-refractivity contribution in [2.45, 2.75) is 116 Å². The van der Waals surface area contributed by atoms with E-state index in [4.69, 9.17) is 57.1 Å². The van der Waals surface area contributed by atoms with Crippen LogP contribution < -0.4 is 14.2 Å². The van der Waals surface area contributed by atoms with Gasteiger partial charge in [-0.3, -0.25) is 13.7 Å². The van der Waals surface area contributed by atoms with Gasteiger partial charge in [0, 0.05) is 19.3 Å². The zero-order chi connectivity index (χ0) is 53.6. The molecule has 3 heterocycles. The molecule has 0 aromatic heterocycles. The van der Waals surface area contributed by atoms with E-state index in [9.17, 15) is 25.3 Å². The molecule has 21 heteroatoms. The molecule has 0 radical (unpaired) electrons. The van der Waals surface area contributed by atoms with E-state index in [-0.39, 0.29) is 54.6 Å². The molecule has 3 aliphatic heterocycles. The first kappa shape index (κ1) is 57.1. The quantitative estimate of drug-likeness (QED) is 0.0326. The van der Waals surface area contributed by atoms with E-state index < -0.39 is 30.4 Å². The number of unbranched alkanes of at least 4 members (excludes halogenated alkanes) is 3. The first-order valence-electron chi connectivity index (χ1n) is 25.7. The molecule has 18 nitrogen and oxygen atoms in total. The van der Waals surface area contributed by atoms with Crippen LogP contribution in [-0.2, 0) is 83.1 Å². The van der Waals surface area contributed by atoms with Gasteiger partial charge in [0.2, 0.25) is 0 Å². The van der Waals surface area contributed by atoms with Gasteiger partial charge < -0.3 is 28.4 Å². The van der Waals surface area contributed by atoms with Crippen LogP contribution in [0.4, 0.5) is 0 Å². The Morgan fingerprint density at radius 3 is 0.973 bits per heavy atom. The van der Waals surface area contributed by atoms with Crippen LogP contribution in [-0.4, -0.2) is 114 Å². The lowest BCUT2D eigenvalue weighted by atomic mass is 9.80. The van der Waals surface area contributed by atoms with Crippen LogP contribution in [0, 0.1) is 0 Å². The second-order valence-corrected chi connectivity index (χ2v) is 23.5. The van der Waals surface area contributed by atoms with E-state index in [1.807, 2.05) is 72.8 Å². The number of aliphatic imine (C=N–C) groups is 3. The largest absolute Gasteiger partial charge is 0.494 e. The van der Waals surface area contributed by atoms with Crippen molar-refractivity contribution in [3.63, 3.8) is 0 Å². The van der Waals surface area contributed by atoms with Crippen LogP contribution in [0.1, 0.15) is 127 Å². The van der Waals surface area contributed by atoms with Gasteiger partial charge in [0.25, 0.3) is 30.4 Å².